The molecule has 0 radical (unpaired) electrons. The molecule has 2 fully saturated rings. The minimum Gasteiger partial charge on any atom is -0.311 e. The highest BCUT2D eigenvalue weighted by molar-refractivity contribution is 4.99. The van der Waals surface area contributed by atoms with Crippen LogP contribution in [0.15, 0.2) is 0 Å². The predicted octanol–water partition coefficient (Wildman–Crippen LogP) is 1.39. The van der Waals surface area contributed by atoms with E-state index in [1.807, 2.05) is 0 Å². The van der Waals surface area contributed by atoms with Crippen molar-refractivity contribution in [3.63, 3.8) is 0 Å². The van der Waals surface area contributed by atoms with Gasteiger partial charge in [-0.15, -0.1) is 0 Å². The summed E-state index contributed by atoms with van der Waals surface area (Å²) in [6.45, 7) is 4.75. The van der Waals surface area contributed by atoms with Crippen LogP contribution in [0.3, 0.4) is 0 Å². The first kappa shape index (κ1) is 5.72. The van der Waals surface area contributed by atoms with Crippen LogP contribution in [0.2, 0.25) is 0 Å². The molecule has 2 aliphatic rings. The molecule has 0 saturated carbocycles. The molecule has 2 saturated heterocycles. The van der Waals surface area contributed by atoms with E-state index in [-0.39, 0.29) is 0 Å². The standard InChI is InChI=1S/C8H15N/c1-5-6(2)8-4-3-7(5)9-8/h5-9H,3-4H2,1-2H3/t5-,6+,7+,8?/m1/s1. The average molecular weight is 125 g/mol. The highest BCUT2D eigenvalue weighted by Crippen LogP contribution is 2.37. The van der Waals surface area contributed by atoms with E-state index in [2.05, 4.69) is 19.2 Å². The quantitative estimate of drug-likeness (QED) is 0.516. The van der Waals surface area contributed by atoms with Crippen molar-refractivity contribution in [2.24, 2.45) is 11.8 Å². The zero-order chi connectivity index (χ0) is 6.43. The minimum atomic E-state index is 0.866. The van der Waals surface area contributed by atoms with Crippen LogP contribution >= 0.6 is 0 Å². The second kappa shape index (κ2) is 1.72. The van der Waals surface area contributed by atoms with Crippen molar-refractivity contribution >= 4 is 0 Å². The molecule has 0 amide bonds. The maximum absolute atomic E-state index is 3.63. The number of rotatable bonds is 0. The van der Waals surface area contributed by atoms with Gasteiger partial charge in [-0.3, -0.25) is 0 Å². The van der Waals surface area contributed by atoms with E-state index in [1.165, 1.54) is 12.8 Å². The topological polar surface area (TPSA) is 12.0 Å². The van der Waals surface area contributed by atoms with Gasteiger partial charge >= 0.3 is 0 Å². The summed E-state index contributed by atoms with van der Waals surface area (Å²) in [5, 5.41) is 3.63. The number of hydrogen-bond acceptors (Lipinski definition) is 1. The van der Waals surface area contributed by atoms with Crippen LogP contribution in [-0.4, -0.2) is 12.1 Å². The molecular weight excluding hydrogens is 110 g/mol. The molecule has 9 heavy (non-hydrogen) atoms. The third-order valence-electron chi connectivity index (χ3n) is 3.32. The second-order valence-electron chi connectivity index (χ2n) is 3.68. The Kier molecular flexibility index (Phi) is 1.10. The molecule has 1 N–H and O–H groups in total. The highest BCUT2D eigenvalue weighted by atomic mass is 15.0. The van der Waals surface area contributed by atoms with Crippen molar-refractivity contribution in [1.82, 2.24) is 5.32 Å². The van der Waals surface area contributed by atoms with Crippen LogP contribution in [0, 0.1) is 11.8 Å². The third kappa shape index (κ3) is 0.644. The fraction of sp³-hybridized carbons (Fsp3) is 1.00. The maximum atomic E-state index is 3.63. The second-order valence-corrected chi connectivity index (χ2v) is 3.68. The molecule has 0 aliphatic carbocycles. The van der Waals surface area contributed by atoms with Gasteiger partial charge in [0.15, 0.2) is 0 Å². The molecule has 2 heterocycles. The summed E-state index contributed by atoms with van der Waals surface area (Å²) < 4.78 is 0. The van der Waals surface area contributed by atoms with Crippen molar-refractivity contribution in [3.05, 3.63) is 0 Å². The summed E-state index contributed by atoms with van der Waals surface area (Å²) in [7, 11) is 0. The van der Waals surface area contributed by atoms with E-state index < -0.39 is 0 Å². The fourth-order valence-corrected chi connectivity index (χ4v) is 2.36. The highest BCUT2D eigenvalue weighted by Gasteiger charge is 2.41. The van der Waals surface area contributed by atoms with Gasteiger partial charge < -0.3 is 5.32 Å². The maximum Gasteiger partial charge on any atom is 0.00991 e. The van der Waals surface area contributed by atoms with E-state index in [1.54, 1.807) is 0 Å². The lowest BCUT2D eigenvalue weighted by Gasteiger charge is -2.21. The molecule has 2 rings (SSSR count). The fourth-order valence-electron chi connectivity index (χ4n) is 2.36. The predicted molar refractivity (Wildman–Crippen MR) is 38.3 cm³/mol. The van der Waals surface area contributed by atoms with Crippen LogP contribution in [0.4, 0.5) is 0 Å². The van der Waals surface area contributed by atoms with Crippen molar-refractivity contribution in [2.75, 3.05) is 0 Å². The lowest BCUT2D eigenvalue weighted by atomic mass is 9.82. The SMILES string of the molecule is C[C@H]1[C@@H]2CCC(N2)[C@H]1C. The lowest BCUT2D eigenvalue weighted by Crippen LogP contribution is -2.21. The summed E-state index contributed by atoms with van der Waals surface area (Å²) in [5.74, 6) is 1.87. The number of hydrogen-bond donors (Lipinski definition) is 1. The molecule has 2 bridgehead atoms. The van der Waals surface area contributed by atoms with Gasteiger partial charge in [-0.05, 0) is 24.7 Å². The van der Waals surface area contributed by atoms with E-state index in [0.717, 1.165) is 23.9 Å². The smallest absolute Gasteiger partial charge is 0.00991 e. The molecule has 1 nitrogen and oxygen atoms in total. The van der Waals surface area contributed by atoms with Gasteiger partial charge in [0.25, 0.3) is 0 Å². The normalized spacial score (nSPS) is 56.7. The van der Waals surface area contributed by atoms with Crippen LogP contribution in [0.25, 0.3) is 0 Å². The summed E-state index contributed by atoms with van der Waals surface area (Å²) in [6.07, 6.45) is 2.85. The Morgan fingerprint density at radius 2 is 1.44 bits per heavy atom. The van der Waals surface area contributed by atoms with E-state index in [9.17, 15) is 0 Å². The molecule has 1 heteroatoms. The molecule has 1 unspecified atom stereocenters. The van der Waals surface area contributed by atoms with Gasteiger partial charge in [0.05, 0.1) is 0 Å². The van der Waals surface area contributed by atoms with Crippen LogP contribution in [0.1, 0.15) is 26.7 Å². The Bertz CT molecular complexity index is 104. The number of nitrogens with one attached hydrogen (secondary N) is 1. The zero-order valence-corrected chi connectivity index (χ0v) is 6.22. The monoisotopic (exact) mass is 125 g/mol. The Labute approximate surface area is 56.8 Å². The summed E-state index contributed by atoms with van der Waals surface area (Å²) >= 11 is 0. The molecule has 0 aromatic carbocycles. The van der Waals surface area contributed by atoms with Crippen LogP contribution in [0.5, 0.6) is 0 Å². The molecule has 2 aliphatic heterocycles. The third-order valence-corrected chi connectivity index (χ3v) is 3.32. The van der Waals surface area contributed by atoms with Crippen molar-refractivity contribution in [2.45, 2.75) is 38.8 Å². The van der Waals surface area contributed by atoms with Gasteiger partial charge in [0, 0.05) is 12.1 Å². The van der Waals surface area contributed by atoms with Crippen molar-refractivity contribution < 1.29 is 0 Å². The zero-order valence-electron chi connectivity index (χ0n) is 6.22. The van der Waals surface area contributed by atoms with Crippen molar-refractivity contribution in [1.29, 1.82) is 0 Å². The first-order valence-electron chi connectivity index (χ1n) is 4.05. The Balaban J connectivity index is 2.15. The average Bonchev–Trinajstić information content (AvgIpc) is 2.37. The first-order valence-corrected chi connectivity index (χ1v) is 4.05. The van der Waals surface area contributed by atoms with Gasteiger partial charge in [0.1, 0.15) is 0 Å². The van der Waals surface area contributed by atoms with Gasteiger partial charge in [-0.25, -0.2) is 0 Å². The van der Waals surface area contributed by atoms with Gasteiger partial charge in [-0.2, -0.15) is 0 Å². The van der Waals surface area contributed by atoms with E-state index in [0.29, 0.717) is 0 Å². The Morgan fingerprint density at radius 3 is 1.67 bits per heavy atom. The van der Waals surface area contributed by atoms with Gasteiger partial charge in [0.2, 0.25) is 0 Å². The molecule has 4 atom stereocenters. The Hall–Kier alpha value is -0.0400. The van der Waals surface area contributed by atoms with Crippen LogP contribution in [-0.2, 0) is 0 Å². The Morgan fingerprint density at radius 1 is 1.00 bits per heavy atom. The largest absolute Gasteiger partial charge is 0.311 e. The lowest BCUT2D eigenvalue weighted by molar-refractivity contribution is 0.330. The molecule has 0 spiro atoms. The first-order chi connectivity index (χ1) is 4.29. The summed E-state index contributed by atoms with van der Waals surface area (Å²) in [6, 6.07) is 1.73. The number of fused-ring (bicyclic) bond motifs is 2. The van der Waals surface area contributed by atoms with Crippen LogP contribution < -0.4 is 5.32 Å². The summed E-state index contributed by atoms with van der Waals surface area (Å²) in [5.41, 5.74) is 0. The molecular formula is C8H15N. The molecule has 0 aromatic rings. The van der Waals surface area contributed by atoms with Gasteiger partial charge in [-0.1, -0.05) is 13.8 Å². The summed E-state index contributed by atoms with van der Waals surface area (Å²) in [4.78, 5) is 0. The molecule has 0 aromatic heterocycles. The van der Waals surface area contributed by atoms with Crippen molar-refractivity contribution in [3.8, 4) is 0 Å². The minimum absolute atomic E-state index is 0.866. The van der Waals surface area contributed by atoms with E-state index in [4.69, 9.17) is 0 Å². The van der Waals surface area contributed by atoms with E-state index >= 15 is 0 Å². The molecule has 52 valence electrons.